The van der Waals surface area contributed by atoms with Crippen molar-refractivity contribution in [2.24, 2.45) is 17.3 Å². The minimum Gasteiger partial charge on any atom is -0.449 e. The van der Waals surface area contributed by atoms with Crippen LogP contribution in [0.25, 0.3) is 0 Å². The number of amides is 5. The summed E-state index contributed by atoms with van der Waals surface area (Å²) in [4.78, 5) is 72.3. The fraction of sp³-hybridized carbons (Fsp3) is 0.718. The fourth-order valence-corrected chi connectivity index (χ4v) is 9.65. The molecule has 1 aliphatic carbocycles. The molecule has 1 aromatic rings. The summed E-state index contributed by atoms with van der Waals surface area (Å²) < 4.78 is 39.5. The highest BCUT2D eigenvalue weighted by Crippen LogP contribution is 2.48. The van der Waals surface area contributed by atoms with Crippen LogP contribution in [0.5, 0.6) is 0 Å². The highest BCUT2D eigenvalue weighted by molar-refractivity contribution is 7.90. The lowest BCUT2D eigenvalue weighted by Crippen LogP contribution is -2.60. The largest absolute Gasteiger partial charge is 0.449 e. The summed E-state index contributed by atoms with van der Waals surface area (Å²) >= 11 is 0. The lowest BCUT2D eigenvalue weighted by Gasteiger charge is -2.35. The number of carbonyl (C=O) groups excluding carboxylic acids is 5. The van der Waals surface area contributed by atoms with Crippen LogP contribution in [0.3, 0.4) is 0 Å². The molecule has 0 spiro atoms. The quantitative estimate of drug-likeness (QED) is 0.396. The summed E-state index contributed by atoms with van der Waals surface area (Å²) in [6, 6.07) is 3.83. The number of ether oxygens (including phenoxy) is 2. The van der Waals surface area contributed by atoms with Gasteiger partial charge < -0.3 is 25.0 Å². The van der Waals surface area contributed by atoms with Gasteiger partial charge in [-0.3, -0.25) is 24.0 Å². The van der Waals surface area contributed by atoms with Crippen LogP contribution >= 0.6 is 0 Å². The van der Waals surface area contributed by atoms with Crippen molar-refractivity contribution >= 4 is 39.9 Å². The molecule has 0 aromatic heterocycles. The Bertz CT molecular complexity index is 1730. The zero-order valence-electron chi connectivity index (χ0n) is 32.1. The Morgan fingerprint density at radius 3 is 2.46 bits per heavy atom. The molecule has 4 aliphatic heterocycles. The van der Waals surface area contributed by atoms with E-state index in [0.717, 1.165) is 62.5 Å². The van der Waals surface area contributed by atoms with Crippen LogP contribution < -0.4 is 15.4 Å². The second-order valence-electron chi connectivity index (χ2n) is 17.2. The van der Waals surface area contributed by atoms with Crippen molar-refractivity contribution in [2.75, 3.05) is 18.9 Å². The van der Waals surface area contributed by atoms with Gasteiger partial charge in [0, 0.05) is 19.5 Å². The molecule has 4 bridgehead atoms. The van der Waals surface area contributed by atoms with Gasteiger partial charge in [-0.15, -0.1) is 0 Å². The van der Waals surface area contributed by atoms with E-state index in [1.54, 1.807) is 25.7 Å². The van der Waals surface area contributed by atoms with Gasteiger partial charge in [-0.05, 0) is 72.5 Å². The molecule has 15 heteroatoms. The topological polar surface area (TPSA) is 181 Å². The lowest BCUT2D eigenvalue weighted by molar-refractivity contribution is -0.143. The Morgan fingerprint density at radius 1 is 0.963 bits per heavy atom. The number of hydrogen-bond acceptors (Lipinski definition) is 9. The fourth-order valence-electron chi connectivity index (χ4n) is 8.50. The molecule has 298 valence electrons. The van der Waals surface area contributed by atoms with Crippen LogP contribution in [0, 0.1) is 17.3 Å². The lowest BCUT2D eigenvalue weighted by atomic mass is 9.85. The van der Waals surface area contributed by atoms with E-state index >= 15 is 0 Å². The van der Waals surface area contributed by atoms with Crippen LogP contribution in [0.2, 0.25) is 0 Å². The van der Waals surface area contributed by atoms with Crippen LogP contribution in [-0.2, 0) is 53.4 Å². The number of fused-ring (bicyclic) bond motifs is 4. The third-order valence-corrected chi connectivity index (χ3v) is 13.1. The van der Waals surface area contributed by atoms with Crippen LogP contribution in [0.1, 0.15) is 115 Å². The Hall–Kier alpha value is -3.88. The van der Waals surface area contributed by atoms with Crippen molar-refractivity contribution in [1.82, 2.24) is 25.2 Å². The molecule has 5 aliphatic rings. The van der Waals surface area contributed by atoms with E-state index in [1.165, 1.54) is 10.5 Å². The molecule has 0 unspecified atom stereocenters. The molecule has 5 amide bonds. The maximum absolute atomic E-state index is 14.5. The Morgan fingerprint density at radius 2 is 1.69 bits per heavy atom. The van der Waals surface area contributed by atoms with Gasteiger partial charge in [-0.2, -0.15) is 0 Å². The van der Waals surface area contributed by atoms with E-state index in [2.05, 4.69) is 21.4 Å². The smallest absolute Gasteiger partial charge is 0.410 e. The Kier molecular flexibility index (Phi) is 11.8. The van der Waals surface area contributed by atoms with Gasteiger partial charge >= 0.3 is 12.2 Å². The predicted molar refractivity (Wildman–Crippen MR) is 199 cm³/mol. The first-order chi connectivity index (χ1) is 25.6. The molecule has 1 saturated carbocycles. The third-order valence-electron chi connectivity index (χ3n) is 11.8. The number of rotatable bonds is 2. The molecule has 4 heterocycles. The summed E-state index contributed by atoms with van der Waals surface area (Å²) in [6.07, 6.45) is 6.08. The Balaban J connectivity index is 1.27. The number of sulfonamides is 1. The van der Waals surface area contributed by atoms with E-state index in [0.29, 0.717) is 25.9 Å². The van der Waals surface area contributed by atoms with E-state index in [9.17, 15) is 32.4 Å². The summed E-state index contributed by atoms with van der Waals surface area (Å²) in [5.41, 5.74) is 1.10. The van der Waals surface area contributed by atoms with Crippen molar-refractivity contribution in [3.8, 4) is 0 Å². The van der Waals surface area contributed by atoms with E-state index in [1.807, 2.05) is 19.1 Å². The van der Waals surface area contributed by atoms with Crippen LogP contribution in [-0.4, -0.2) is 90.8 Å². The van der Waals surface area contributed by atoms with E-state index in [4.69, 9.17) is 9.47 Å². The third kappa shape index (κ3) is 9.14. The first-order valence-corrected chi connectivity index (χ1v) is 21.4. The minimum atomic E-state index is -3.91. The minimum absolute atomic E-state index is 0.0468. The summed E-state index contributed by atoms with van der Waals surface area (Å²) in [5.74, 6) is -2.34. The monoisotopic (exact) mass is 771 g/mol. The number of nitrogens with zero attached hydrogens (tertiary/aromatic N) is 2. The van der Waals surface area contributed by atoms with Gasteiger partial charge in [0.05, 0.1) is 18.9 Å². The molecule has 14 nitrogen and oxygen atoms in total. The first-order valence-electron chi connectivity index (χ1n) is 19.7. The summed E-state index contributed by atoms with van der Waals surface area (Å²) in [7, 11) is -3.91. The van der Waals surface area contributed by atoms with Crippen LogP contribution in [0.15, 0.2) is 18.2 Å². The zero-order valence-corrected chi connectivity index (χ0v) is 32.9. The SMILES string of the molecule is C[C@@H]1CCCCc2cccc3c2CN(C3)C(=O)O[C@@H]2C[C@@H](C(=O)N[C@]34C[C@H]3CCCCCCCS(=O)(=O)NC4=O)N(C2)C(=O)[C@H](C(C)(C)C)NC(=O)OC1. The molecular formula is C39H57N5O9S. The van der Waals surface area contributed by atoms with Crippen molar-refractivity contribution in [2.45, 2.75) is 142 Å². The number of hydrogen-bond donors (Lipinski definition) is 3. The zero-order chi connectivity index (χ0) is 38.8. The van der Waals surface area contributed by atoms with Gasteiger partial charge in [-0.25, -0.2) is 18.0 Å². The predicted octanol–water partition coefficient (Wildman–Crippen LogP) is 4.29. The summed E-state index contributed by atoms with van der Waals surface area (Å²) in [5, 5.41) is 5.63. The average molecular weight is 772 g/mol. The van der Waals surface area contributed by atoms with Gasteiger partial charge in [0.2, 0.25) is 21.8 Å². The van der Waals surface area contributed by atoms with Crippen molar-refractivity contribution in [3.05, 3.63) is 34.9 Å². The normalized spacial score (nSPS) is 31.4. The van der Waals surface area contributed by atoms with E-state index < -0.39 is 69.1 Å². The van der Waals surface area contributed by atoms with Gasteiger partial charge in [0.25, 0.3) is 5.91 Å². The maximum Gasteiger partial charge on any atom is 0.410 e. The number of benzene rings is 1. The van der Waals surface area contributed by atoms with Crippen LogP contribution in [0.4, 0.5) is 9.59 Å². The average Bonchev–Trinajstić information content (AvgIpc) is 3.40. The molecule has 3 fully saturated rings. The standard InChI is InChI=1S/C39H57N5O9S/c1-25-13-9-10-14-26-15-12-16-27-21-43(23-30(26)27)37(49)53-29-19-31(44(22-29)34(46)32(38(2,3)4)40-36(48)52-24-25)33(45)41-39-20-28(39)17-8-6-5-7-11-18-54(50,51)42-35(39)47/h12,15-16,25,28-29,31-32H,5-11,13-14,17-24H2,1-4H3,(H,40,48)(H,41,45)(H,42,47)/t25-,28-,29-,31+,32-,39-/m1/s1. The van der Waals surface area contributed by atoms with Gasteiger partial charge in [0.15, 0.2) is 0 Å². The number of aryl methyl sites for hydroxylation is 1. The van der Waals surface area contributed by atoms with Crippen molar-refractivity contribution in [3.63, 3.8) is 0 Å². The number of carbonyl (C=O) groups is 5. The number of cyclic esters (lactones) is 1. The summed E-state index contributed by atoms with van der Waals surface area (Å²) in [6.45, 7) is 8.24. The molecule has 3 N–H and O–H groups in total. The number of alkyl carbamates (subject to hydrolysis) is 1. The molecule has 1 aromatic carbocycles. The molecular weight excluding hydrogens is 715 g/mol. The van der Waals surface area contributed by atoms with Gasteiger partial charge in [0.1, 0.15) is 23.7 Å². The molecule has 0 radical (unpaired) electrons. The maximum atomic E-state index is 14.5. The Labute approximate surface area is 318 Å². The second kappa shape index (κ2) is 16.1. The van der Waals surface area contributed by atoms with Crippen molar-refractivity contribution in [1.29, 1.82) is 0 Å². The van der Waals surface area contributed by atoms with E-state index in [-0.39, 0.29) is 43.6 Å². The molecule has 6 atom stereocenters. The highest BCUT2D eigenvalue weighted by atomic mass is 32.2. The van der Waals surface area contributed by atoms with Crippen molar-refractivity contribution < 1.29 is 41.9 Å². The number of nitrogens with one attached hydrogen (secondary N) is 3. The molecule has 6 rings (SSSR count). The molecule has 2 saturated heterocycles. The second-order valence-corrected chi connectivity index (χ2v) is 19.1. The van der Waals surface area contributed by atoms with Gasteiger partial charge in [-0.1, -0.05) is 78.0 Å². The molecule has 54 heavy (non-hydrogen) atoms. The highest BCUT2D eigenvalue weighted by Gasteiger charge is 2.62. The first kappa shape index (κ1) is 39.8.